The number of hydrogen-bond acceptors (Lipinski definition) is 8. The first-order valence-corrected chi connectivity index (χ1v) is 12.9. The van der Waals surface area contributed by atoms with E-state index in [1.807, 2.05) is 7.11 Å². The Balaban J connectivity index is 1.55. The van der Waals surface area contributed by atoms with Gasteiger partial charge in [-0.2, -0.15) is 0 Å². The van der Waals surface area contributed by atoms with Gasteiger partial charge in [-0.25, -0.2) is 0 Å². The van der Waals surface area contributed by atoms with Crippen molar-refractivity contribution in [1.82, 2.24) is 4.90 Å². The third kappa shape index (κ3) is 1.98. The molecule has 13 atom stereocenters. The molecule has 2 heterocycles. The van der Waals surface area contributed by atoms with Gasteiger partial charge in [0.25, 0.3) is 0 Å². The smallest absolute Gasteiger partial charge is 0.148 e. The number of rotatable bonds is 5. The summed E-state index contributed by atoms with van der Waals surface area (Å²) >= 11 is 0. The van der Waals surface area contributed by atoms with Gasteiger partial charge in [0.15, 0.2) is 0 Å². The highest BCUT2D eigenvalue weighted by molar-refractivity contribution is 5.42. The summed E-state index contributed by atoms with van der Waals surface area (Å²) in [5.41, 5.74) is -2.15. The zero-order valence-corrected chi connectivity index (χ0v) is 20.2. The highest BCUT2D eigenvalue weighted by Crippen LogP contribution is 2.82. The fourth-order valence-electron chi connectivity index (χ4n) is 11.4. The van der Waals surface area contributed by atoms with Gasteiger partial charge in [-0.1, -0.05) is 6.92 Å². The summed E-state index contributed by atoms with van der Waals surface area (Å²) in [7, 11) is 5.35. The van der Waals surface area contributed by atoms with Crippen molar-refractivity contribution in [2.75, 3.05) is 47.8 Å². The molecular formula is C25H39NO7. The van der Waals surface area contributed by atoms with Gasteiger partial charge in [0.1, 0.15) is 18.0 Å². The number of likely N-dealkylation sites (N-methyl/N-ethyl adjacent to an activating group) is 1. The number of hydrogen-bond donors (Lipinski definition) is 2. The zero-order valence-electron chi connectivity index (χ0n) is 20.2. The molecule has 2 N–H and O–H groups in total. The Bertz CT molecular complexity index is 844. The van der Waals surface area contributed by atoms with Gasteiger partial charge >= 0.3 is 0 Å². The molecule has 7 aliphatic rings. The van der Waals surface area contributed by atoms with E-state index in [2.05, 4.69) is 11.8 Å². The van der Waals surface area contributed by atoms with Crippen molar-refractivity contribution >= 4 is 0 Å². The topological polar surface area (TPSA) is 89.9 Å². The number of aliphatic hydroxyl groups is 2. The lowest BCUT2D eigenvalue weighted by atomic mass is 9.42. The maximum absolute atomic E-state index is 12.5. The Morgan fingerprint density at radius 2 is 1.94 bits per heavy atom. The van der Waals surface area contributed by atoms with Gasteiger partial charge in [0.05, 0.1) is 37.1 Å². The van der Waals surface area contributed by atoms with E-state index in [1.165, 1.54) is 0 Å². The van der Waals surface area contributed by atoms with Crippen LogP contribution in [0.1, 0.15) is 32.6 Å². The second-order valence-corrected chi connectivity index (χ2v) is 12.0. The van der Waals surface area contributed by atoms with E-state index in [0.29, 0.717) is 13.0 Å². The van der Waals surface area contributed by atoms with Crippen LogP contribution >= 0.6 is 0 Å². The number of aliphatic hydroxyl groups excluding tert-OH is 2. The Labute approximate surface area is 195 Å². The summed E-state index contributed by atoms with van der Waals surface area (Å²) in [5.74, 6) is 0.155. The molecule has 0 aromatic rings. The minimum Gasteiger partial charge on any atom is -0.392 e. The molecule has 2 aliphatic heterocycles. The number of piperidine rings is 1. The molecule has 7 bridgehead atoms. The van der Waals surface area contributed by atoms with Crippen LogP contribution in [-0.2, 0) is 23.7 Å². The Kier molecular flexibility index (Phi) is 4.46. The molecule has 8 nitrogen and oxygen atoms in total. The van der Waals surface area contributed by atoms with Gasteiger partial charge in [0, 0.05) is 62.9 Å². The van der Waals surface area contributed by atoms with Crippen LogP contribution in [-0.4, -0.2) is 105 Å². The second-order valence-electron chi connectivity index (χ2n) is 12.0. The molecule has 0 radical (unpaired) electrons. The van der Waals surface area contributed by atoms with Crippen molar-refractivity contribution in [3.63, 3.8) is 0 Å². The molecule has 0 aromatic heterocycles. The van der Waals surface area contributed by atoms with E-state index < -0.39 is 23.4 Å². The van der Waals surface area contributed by atoms with Crippen molar-refractivity contribution < 1.29 is 33.9 Å². The summed E-state index contributed by atoms with van der Waals surface area (Å²) < 4.78 is 31.5. The van der Waals surface area contributed by atoms with Crippen LogP contribution in [0.5, 0.6) is 0 Å². The molecular weight excluding hydrogens is 426 g/mol. The third-order valence-electron chi connectivity index (χ3n) is 11.8. The van der Waals surface area contributed by atoms with Crippen LogP contribution in [0, 0.1) is 34.5 Å². The first-order chi connectivity index (χ1) is 15.9. The Morgan fingerprint density at radius 3 is 2.64 bits per heavy atom. The van der Waals surface area contributed by atoms with Crippen molar-refractivity contribution in [3.05, 3.63) is 0 Å². The van der Waals surface area contributed by atoms with Crippen molar-refractivity contribution in [1.29, 1.82) is 0 Å². The lowest BCUT2D eigenvalue weighted by Gasteiger charge is -2.70. The van der Waals surface area contributed by atoms with Crippen molar-refractivity contribution in [2.24, 2.45) is 34.5 Å². The molecule has 0 amide bonds. The van der Waals surface area contributed by atoms with Gasteiger partial charge in [-0.15, -0.1) is 0 Å². The SMILES string of the molecule is CCN1C[C@]2(COC)CC[C@H](OC)[C@@]34[C@@H]5C[C@H]6[C@H](O)[C@@H]5[C@@]5(C[C@@H]6OC)OCO[C@]5([C@@H](O)[C@H]23)[C@@H]14. The average Bonchev–Trinajstić information content (AvgIpc) is 3.35. The number of fused-ring (bicyclic) bond motifs is 1. The van der Waals surface area contributed by atoms with E-state index >= 15 is 0 Å². The standard InChI is InChI=1S/C25H39NO7/c1-5-26-10-22(11-29-2)7-6-16(31-4)24-14-8-13-15(30-3)9-23(17(14)18(13)27)25(21(24)26,33-12-32-23)20(28)19(22)24/h13-21,27-28H,5-12H2,1-4H3/t13-,14-,15+,16+,17-,18+,19-,20+,21+,22+,23-,24+,25-/m1/s1. The Morgan fingerprint density at radius 1 is 1.12 bits per heavy atom. The molecule has 5 aliphatic carbocycles. The van der Waals surface area contributed by atoms with Crippen LogP contribution in [0.2, 0.25) is 0 Å². The van der Waals surface area contributed by atoms with Crippen LogP contribution in [0.25, 0.3) is 0 Å². The molecule has 8 heteroatoms. The molecule has 33 heavy (non-hydrogen) atoms. The normalized spacial score (nSPS) is 62.5. The molecule has 186 valence electrons. The van der Waals surface area contributed by atoms with Gasteiger partial charge in [-0.3, -0.25) is 4.90 Å². The zero-order chi connectivity index (χ0) is 23.0. The van der Waals surface area contributed by atoms with Gasteiger partial charge < -0.3 is 33.9 Å². The minimum atomic E-state index is -0.904. The summed E-state index contributed by atoms with van der Waals surface area (Å²) in [4.78, 5) is 2.56. The van der Waals surface area contributed by atoms with Gasteiger partial charge in [0.2, 0.25) is 0 Å². The molecule has 0 unspecified atom stereocenters. The lowest BCUT2D eigenvalue weighted by molar-refractivity contribution is -0.285. The number of nitrogens with zero attached hydrogens (tertiary/aromatic N) is 1. The highest BCUT2D eigenvalue weighted by Gasteiger charge is 2.93. The summed E-state index contributed by atoms with van der Waals surface area (Å²) in [5, 5.41) is 24.2. The quantitative estimate of drug-likeness (QED) is 0.612. The largest absolute Gasteiger partial charge is 0.392 e. The molecule has 7 fully saturated rings. The van der Waals surface area contributed by atoms with Crippen LogP contribution in [0.3, 0.4) is 0 Å². The van der Waals surface area contributed by atoms with Crippen LogP contribution in [0.15, 0.2) is 0 Å². The first kappa shape index (κ1) is 21.9. The maximum atomic E-state index is 12.5. The van der Waals surface area contributed by atoms with Crippen molar-refractivity contribution in [3.8, 4) is 0 Å². The first-order valence-electron chi connectivity index (χ1n) is 12.9. The summed E-state index contributed by atoms with van der Waals surface area (Å²) in [6.07, 6.45) is 2.11. The molecule has 7 rings (SSSR count). The summed E-state index contributed by atoms with van der Waals surface area (Å²) in [6.45, 7) is 4.74. The molecule has 0 aromatic carbocycles. The van der Waals surface area contributed by atoms with Gasteiger partial charge in [-0.05, 0) is 31.7 Å². The lowest BCUT2D eigenvalue weighted by Crippen LogP contribution is -2.81. The van der Waals surface area contributed by atoms with E-state index in [-0.39, 0.29) is 59.5 Å². The molecule has 2 saturated heterocycles. The fraction of sp³-hybridized carbons (Fsp3) is 1.00. The number of methoxy groups -OCH3 is 3. The third-order valence-corrected chi connectivity index (χ3v) is 11.8. The summed E-state index contributed by atoms with van der Waals surface area (Å²) in [6, 6.07) is -0.0180. The predicted octanol–water partition coefficient (Wildman–Crippen LogP) is 0.637. The molecule has 3 spiro atoms. The van der Waals surface area contributed by atoms with Crippen LogP contribution < -0.4 is 0 Å². The number of likely N-dealkylation sites (tertiary alicyclic amines) is 1. The highest BCUT2D eigenvalue weighted by atomic mass is 16.7. The van der Waals surface area contributed by atoms with E-state index in [0.717, 1.165) is 32.4 Å². The van der Waals surface area contributed by atoms with E-state index in [1.54, 1.807) is 14.2 Å². The predicted molar refractivity (Wildman–Crippen MR) is 116 cm³/mol. The molecule has 5 saturated carbocycles. The Hall–Kier alpha value is -0.320. The van der Waals surface area contributed by atoms with E-state index in [4.69, 9.17) is 23.7 Å². The van der Waals surface area contributed by atoms with Crippen LogP contribution in [0.4, 0.5) is 0 Å². The second kappa shape index (κ2) is 6.71. The average molecular weight is 466 g/mol. The van der Waals surface area contributed by atoms with E-state index in [9.17, 15) is 10.2 Å². The maximum Gasteiger partial charge on any atom is 0.148 e. The fourth-order valence-corrected chi connectivity index (χ4v) is 11.4. The number of ether oxygens (including phenoxy) is 5. The minimum absolute atomic E-state index is 0.000557. The van der Waals surface area contributed by atoms with Crippen molar-refractivity contribution in [2.45, 2.75) is 74.3 Å². The monoisotopic (exact) mass is 465 g/mol.